The first kappa shape index (κ1) is 10.9. The van der Waals surface area contributed by atoms with Crippen molar-refractivity contribution in [1.82, 2.24) is 0 Å². The third kappa shape index (κ3) is 2.31. The molecule has 0 saturated carbocycles. The summed E-state index contributed by atoms with van der Waals surface area (Å²) in [5.74, 6) is 0. The van der Waals surface area contributed by atoms with Crippen molar-refractivity contribution in [2.24, 2.45) is 0 Å². The van der Waals surface area contributed by atoms with Gasteiger partial charge >= 0.3 is 0 Å². The Hall–Kier alpha value is -1.60. The van der Waals surface area contributed by atoms with Crippen LogP contribution in [0.3, 0.4) is 0 Å². The summed E-state index contributed by atoms with van der Waals surface area (Å²) in [5.41, 5.74) is 3.25. The van der Waals surface area contributed by atoms with E-state index in [9.17, 15) is 5.11 Å². The Morgan fingerprint density at radius 1 is 1.19 bits per heavy atom. The van der Waals surface area contributed by atoms with Gasteiger partial charge in [0.1, 0.15) is 0 Å². The molecule has 16 heavy (non-hydrogen) atoms. The zero-order chi connectivity index (χ0) is 11.4. The molecule has 1 aliphatic carbocycles. The Morgan fingerprint density at radius 3 is 2.81 bits per heavy atom. The van der Waals surface area contributed by atoms with Crippen molar-refractivity contribution in [2.75, 3.05) is 0 Å². The lowest BCUT2D eigenvalue weighted by molar-refractivity contribution is 0.199. The van der Waals surface area contributed by atoms with E-state index in [1.54, 1.807) is 6.92 Å². The monoisotopic (exact) mass is 212 g/mol. The van der Waals surface area contributed by atoms with Gasteiger partial charge in [-0.25, -0.2) is 0 Å². The van der Waals surface area contributed by atoms with Crippen molar-refractivity contribution in [3.8, 4) is 0 Å². The lowest BCUT2D eigenvalue weighted by atomic mass is 9.96. The Bertz CT molecular complexity index is 450. The van der Waals surface area contributed by atoms with E-state index in [1.807, 2.05) is 18.2 Å². The second-order valence-electron chi connectivity index (χ2n) is 3.95. The van der Waals surface area contributed by atoms with Crippen LogP contribution in [0.2, 0.25) is 0 Å². The molecule has 0 spiro atoms. The fraction of sp³-hybridized carbons (Fsp3) is 0.200. The second-order valence-corrected chi connectivity index (χ2v) is 3.95. The van der Waals surface area contributed by atoms with Crippen molar-refractivity contribution in [1.29, 1.82) is 0 Å². The van der Waals surface area contributed by atoms with Crippen molar-refractivity contribution in [3.05, 3.63) is 65.8 Å². The molecule has 0 saturated heterocycles. The molecule has 0 amide bonds. The highest BCUT2D eigenvalue weighted by molar-refractivity contribution is 5.77. The van der Waals surface area contributed by atoms with Gasteiger partial charge in [0.25, 0.3) is 0 Å². The predicted molar refractivity (Wildman–Crippen MR) is 67.9 cm³/mol. The smallest absolute Gasteiger partial charge is 0.0767 e. The second kappa shape index (κ2) is 4.95. The summed E-state index contributed by atoms with van der Waals surface area (Å²) in [6, 6.07) is 7.99. The SMILES string of the molecule is CC(O)c1ccccc1C1=CC=CCC=C1. The van der Waals surface area contributed by atoms with Crippen LogP contribution in [0.15, 0.2) is 54.6 Å². The van der Waals surface area contributed by atoms with Gasteiger partial charge in [-0.15, -0.1) is 0 Å². The maximum atomic E-state index is 9.74. The molecule has 1 atom stereocenters. The van der Waals surface area contributed by atoms with Gasteiger partial charge in [0, 0.05) is 0 Å². The number of hydrogen-bond donors (Lipinski definition) is 1. The first-order valence-corrected chi connectivity index (χ1v) is 5.60. The van der Waals surface area contributed by atoms with E-state index in [-0.39, 0.29) is 0 Å². The maximum Gasteiger partial charge on any atom is 0.0767 e. The highest BCUT2D eigenvalue weighted by atomic mass is 16.3. The van der Waals surface area contributed by atoms with Gasteiger partial charge in [0.05, 0.1) is 6.10 Å². The summed E-state index contributed by atoms with van der Waals surface area (Å²) < 4.78 is 0. The van der Waals surface area contributed by atoms with Gasteiger partial charge in [0.15, 0.2) is 0 Å². The summed E-state index contributed by atoms with van der Waals surface area (Å²) in [5, 5.41) is 9.74. The van der Waals surface area contributed by atoms with Crippen LogP contribution in [0, 0.1) is 0 Å². The van der Waals surface area contributed by atoms with Gasteiger partial charge in [-0.3, -0.25) is 0 Å². The quantitative estimate of drug-likeness (QED) is 0.793. The number of rotatable bonds is 2. The molecule has 0 heterocycles. The Balaban J connectivity index is 2.47. The molecule has 0 fully saturated rings. The fourth-order valence-corrected chi connectivity index (χ4v) is 1.88. The summed E-state index contributed by atoms with van der Waals surface area (Å²) in [6.07, 6.45) is 11.1. The lowest BCUT2D eigenvalue weighted by Gasteiger charge is -2.12. The molecule has 1 aliphatic rings. The average Bonchev–Trinajstić information content (AvgIpc) is 2.57. The normalized spacial score (nSPS) is 16.8. The highest BCUT2D eigenvalue weighted by Crippen LogP contribution is 2.26. The van der Waals surface area contributed by atoms with E-state index in [0.717, 1.165) is 23.1 Å². The average molecular weight is 212 g/mol. The minimum Gasteiger partial charge on any atom is -0.389 e. The highest BCUT2D eigenvalue weighted by Gasteiger charge is 2.09. The minimum absolute atomic E-state index is 0.433. The van der Waals surface area contributed by atoms with Crippen LogP contribution in [0.25, 0.3) is 5.57 Å². The van der Waals surface area contributed by atoms with Crippen molar-refractivity contribution >= 4 is 5.57 Å². The molecule has 1 unspecified atom stereocenters. The van der Waals surface area contributed by atoms with Crippen molar-refractivity contribution in [3.63, 3.8) is 0 Å². The van der Waals surface area contributed by atoms with E-state index >= 15 is 0 Å². The third-order valence-corrected chi connectivity index (χ3v) is 2.70. The Morgan fingerprint density at radius 2 is 2.00 bits per heavy atom. The number of hydrogen-bond acceptors (Lipinski definition) is 1. The van der Waals surface area contributed by atoms with Crippen molar-refractivity contribution < 1.29 is 5.11 Å². The van der Waals surface area contributed by atoms with Crippen LogP contribution < -0.4 is 0 Å². The van der Waals surface area contributed by atoms with E-state index < -0.39 is 6.10 Å². The minimum atomic E-state index is -0.433. The standard InChI is InChI=1S/C15H16O/c1-12(16)14-10-6-7-11-15(14)13-8-4-2-3-5-9-13/h2,4-12,16H,3H2,1H3. The largest absolute Gasteiger partial charge is 0.389 e. The topological polar surface area (TPSA) is 20.2 Å². The molecular weight excluding hydrogens is 196 g/mol. The molecule has 1 heteroatoms. The van der Waals surface area contributed by atoms with Gasteiger partial charge in [-0.05, 0) is 30.0 Å². The zero-order valence-corrected chi connectivity index (χ0v) is 9.43. The number of benzene rings is 1. The van der Waals surface area contributed by atoms with Crippen LogP contribution in [-0.4, -0.2) is 5.11 Å². The molecule has 2 rings (SSSR count). The fourth-order valence-electron chi connectivity index (χ4n) is 1.88. The van der Waals surface area contributed by atoms with Crippen LogP contribution >= 0.6 is 0 Å². The molecule has 0 bridgehead atoms. The van der Waals surface area contributed by atoms with Gasteiger partial charge in [-0.2, -0.15) is 0 Å². The van der Waals surface area contributed by atoms with Gasteiger partial charge in [-0.1, -0.05) is 54.6 Å². The molecule has 1 aromatic carbocycles. The molecule has 1 aromatic rings. The molecule has 0 radical (unpaired) electrons. The number of allylic oxidation sites excluding steroid dienone is 6. The lowest BCUT2D eigenvalue weighted by Crippen LogP contribution is -1.96. The molecule has 0 aromatic heterocycles. The zero-order valence-electron chi connectivity index (χ0n) is 9.43. The van der Waals surface area contributed by atoms with Gasteiger partial charge < -0.3 is 5.11 Å². The molecule has 1 nitrogen and oxygen atoms in total. The summed E-state index contributed by atoms with van der Waals surface area (Å²) in [7, 11) is 0. The van der Waals surface area contributed by atoms with Crippen molar-refractivity contribution in [2.45, 2.75) is 19.4 Å². The van der Waals surface area contributed by atoms with Crippen LogP contribution in [-0.2, 0) is 0 Å². The third-order valence-electron chi connectivity index (χ3n) is 2.70. The number of aliphatic hydroxyl groups excluding tert-OH is 1. The summed E-state index contributed by atoms with van der Waals surface area (Å²) >= 11 is 0. The first-order chi connectivity index (χ1) is 7.79. The van der Waals surface area contributed by atoms with E-state index in [0.29, 0.717) is 0 Å². The summed E-state index contributed by atoms with van der Waals surface area (Å²) in [4.78, 5) is 0. The van der Waals surface area contributed by atoms with Crippen LogP contribution in [0.5, 0.6) is 0 Å². The first-order valence-electron chi connectivity index (χ1n) is 5.60. The Kier molecular flexibility index (Phi) is 3.37. The summed E-state index contributed by atoms with van der Waals surface area (Å²) in [6.45, 7) is 1.80. The van der Waals surface area contributed by atoms with E-state index in [1.165, 1.54) is 0 Å². The molecule has 0 aliphatic heterocycles. The molecular formula is C15H16O. The molecule has 1 N–H and O–H groups in total. The maximum absolute atomic E-state index is 9.74. The van der Waals surface area contributed by atoms with Gasteiger partial charge in [0.2, 0.25) is 0 Å². The molecule has 82 valence electrons. The Labute approximate surface area is 96.4 Å². The van der Waals surface area contributed by atoms with E-state index in [2.05, 4.69) is 36.4 Å². The van der Waals surface area contributed by atoms with Crippen LogP contribution in [0.4, 0.5) is 0 Å². The van der Waals surface area contributed by atoms with Crippen LogP contribution in [0.1, 0.15) is 30.6 Å². The number of aliphatic hydroxyl groups is 1. The predicted octanol–water partition coefficient (Wildman–Crippen LogP) is 3.64. The van der Waals surface area contributed by atoms with E-state index in [4.69, 9.17) is 0 Å².